The summed E-state index contributed by atoms with van der Waals surface area (Å²) in [7, 11) is 0. The van der Waals surface area contributed by atoms with E-state index in [1.165, 1.54) is 21.5 Å². The van der Waals surface area contributed by atoms with E-state index in [1.54, 1.807) is 0 Å². The molecule has 0 aliphatic carbocycles. The number of anilines is 1. The summed E-state index contributed by atoms with van der Waals surface area (Å²) in [4.78, 5) is 4.71. The van der Waals surface area contributed by atoms with Gasteiger partial charge in [0.25, 0.3) is 0 Å². The van der Waals surface area contributed by atoms with Crippen molar-refractivity contribution >= 4 is 27.4 Å². The lowest BCUT2D eigenvalue weighted by Crippen LogP contribution is -1.97. The number of hydrogen-bond acceptors (Lipinski definition) is 2. The normalized spacial score (nSPS) is 11.1. The first kappa shape index (κ1) is 15.6. The van der Waals surface area contributed by atoms with Gasteiger partial charge in [-0.05, 0) is 39.7 Å². The minimum absolute atomic E-state index is 0.554. The van der Waals surface area contributed by atoms with Gasteiger partial charge in [-0.2, -0.15) is 0 Å². The minimum atomic E-state index is 0.554. The second kappa shape index (κ2) is 6.26. The van der Waals surface area contributed by atoms with Gasteiger partial charge < -0.3 is 5.73 Å². The van der Waals surface area contributed by atoms with Crippen molar-refractivity contribution < 1.29 is 0 Å². The molecule has 27 heavy (non-hydrogen) atoms. The molecule has 1 aromatic heterocycles. The quantitative estimate of drug-likeness (QED) is 0.381. The van der Waals surface area contributed by atoms with Crippen LogP contribution in [0.2, 0.25) is 0 Å². The fourth-order valence-electron chi connectivity index (χ4n) is 3.76. The largest absolute Gasteiger partial charge is 0.383 e. The molecule has 0 saturated heterocycles. The Morgan fingerprint density at radius 1 is 0.593 bits per heavy atom. The topological polar surface area (TPSA) is 38.9 Å². The van der Waals surface area contributed by atoms with Gasteiger partial charge in [0.1, 0.15) is 5.82 Å². The average molecular weight is 346 g/mol. The molecular formula is C25H18N2. The summed E-state index contributed by atoms with van der Waals surface area (Å²) in [5, 5.41) is 4.80. The Morgan fingerprint density at radius 3 is 1.81 bits per heavy atom. The van der Waals surface area contributed by atoms with Gasteiger partial charge in [-0.3, -0.25) is 0 Å². The van der Waals surface area contributed by atoms with Crippen LogP contribution in [0.3, 0.4) is 0 Å². The maximum atomic E-state index is 6.46. The van der Waals surface area contributed by atoms with Gasteiger partial charge in [-0.1, -0.05) is 78.9 Å². The number of nitrogen functional groups attached to an aromatic ring is 1. The molecule has 5 aromatic rings. The molecule has 0 spiro atoms. The number of aromatic nitrogens is 1. The zero-order valence-electron chi connectivity index (χ0n) is 14.8. The lowest BCUT2D eigenvalue weighted by molar-refractivity contribution is 1.34. The highest BCUT2D eigenvalue weighted by Gasteiger charge is 2.13. The van der Waals surface area contributed by atoms with Crippen molar-refractivity contribution in [1.29, 1.82) is 0 Å². The second-order valence-electron chi connectivity index (χ2n) is 6.69. The van der Waals surface area contributed by atoms with Crippen LogP contribution in [0, 0.1) is 0 Å². The van der Waals surface area contributed by atoms with Crippen LogP contribution in [0.25, 0.3) is 43.9 Å². The molecule has 0 amide bonds. The van der Waals surface area contributed by atoms with Crippen molar-refractivity contribution in [2.45, 2.75) is 0 Å². The summed E-state index contributed by atoms with van der Waals surface area (Å²) in [5.41, 5.74) is 10.5. The molecule has 0 aliphatic heterocycles. The number of rotatable bonds is 2. The molecule has 4 aromatic carbocycles. The van der Waals surface area contributed by atoms with Crippen LogP contribution < -0.4 is 5.73 Å². The lowest BCUT2D eigenvalue weighted by Gasteiger charge is -2.14. The van der Waals surface area contributed by atoms with Crippen molar-refractivity contribution in [3.05, 3.63) is 97.1 Å². The molecule has 0 aliphatic rings. The summed E-state index contributed by atoms with van der Waals surface area (Å²) < 4.78 is 0. The van der Waals surface area contributed by atoms with Crippen molar-refractivity contribution in [1.82, 2.24) is 4.98 Å². The molecular weight excluding hydrogens is 328 g/mol. The van der Waals surface area contributed by atoms with Gasteiger partial charge >= 0.3 is 0 Å². The molecule has 128 valence electrons. The SMILES string of the molecule is Nc1nc(-c2ccccc2)ccc1-c1c2ccccc2cc2ccccc12. The van der Waals surface area contributed by atoms with Gasteiger partial charge in [0, 0.05) is 16.7 Å². The fraction of sp³-hybridized carbons (Fsp3) is 0. The highest BCUT2D eigenvalue weighted by atomic mass is 14.8. The molecule has 0 atom stereocenters. The van der Waals surface area contributed by atoms with Crippen LogP contribution in [-0.2, 0) is 0 Å². The smallest absolute Gasteiger partial charge is 0.132 e. The van der Waals surface area contributed by atoms with Crippen molar-refractivity contribution in [3.63, 3.8) is 0 Å². The van der Waals surface area contributed by atoms with Gasteiger partial charge in [-0.15, -0.1) is 0 Å². The Hall–Kier alpha value is -3.65. The Bertz CT molecular complexity index is 1220. The summed E-state index contributed by atoms with van der Waals surface area (Å²) in [5.74, 6) is 0.554. The molecule has 0 unspecified atom stereocenters. The van der Waals surface area contributed by atoms with Crippen molar-refractivity contribution in [2.75, 3.05) is 5.73 Å². The van der Waals surface area contributed by atoms with Crippen LogP contribution in [-0.4, -0.2) is 4.98 Å². The number of hydrogen-bond donors (Lipinski definition) is 1. The van der Waals surface area contributed by atoms with Gasteiger partial charge in [0.05, 0.1) is 5.69 Å². The number of fused-ring (bicyclic) bond motifs is 2. The molecule has 0 fully saturated rings. The van der Waals surface area contributed by atoms with E-state index in [4.69, 9.17) is 10.7 Å². The van der Waals surface area contributed by atoms with E-state index in [0.29, 0.717) is 5.82 Å². The second-order valence-corrected chi connectivity index (χ2v) is 6.69. The number of pyridine rings is 1. The zero-order chi connectivity index (χ0) is 18.2. The number of benzene rings is 4. The van der Waals surface area contributed by atoms with E-state index in [9.17, 15) is 0 Å². The average Bonchev–Trinajstić information content (AvgIpc) is 2.73. The van der Waals surface area contributed by atoms with Crippen LogP contribution >= 0.6 is 0 Å². The standard InChI is InChI=1S/C25H18N2/c26-25-22(14-15-23(27-25)17-8-2-1-3-9-17)24-20-12-6-4-10-18(20)16-19-11-5-7-13-21(19)24/h1-16H,(H2,26,27). The fourth-order valence-corrected chi connectivity index (χ4v) is 3.76. The Balaban J connectivity index is 1.80. The van der Waals surface area contributed by atoms with Crippen LogP contribution in [0.5, 0.6) is 0 Å². The molecule has 2 heteroatoms. The summed E-state index contributed by atoms with van der Waals surface area (Å²) >= 11 is 0. The van der Waals surface area contributed by atoms with Crippen LogP contribution in [0.15, 0.2) is 97.1 Å². The summed E-state index contributed by atoms with van der Waals surface area (Å²) in [6.45, 7) is 0. The predicted molar refractivity (Wildman–Crippen MR) is 115 cm³/mol. The third-order valence-corrected chi connectivity index (χ3v) is 5.03. The summed E-state index contributed by atoms with van der Waals surface area (Å²) in [6, 6.07) is 33.4. The number of nitrogens with zero attached hydrogens (tertiary/aromatic N) is 1. The van der Waals surface area contributed by atoms with Gasteiger partial charge in [0.15, 0.2) is 0 Å². The van der Waals surface area contributed by atoms with E-state index in [0.717, 1.165) is 22.4 Å². The van der Waals surface area contributed by atoms with E-state index >= 15 is 0 Å². The van der Waals surface area contributed by atoms with E-state index in [2.05, 4.69) is 78.9 Å². The Labute approximate surface area is 157 Å². The van der Waals surface area contributed by atoms with Crippen molar-refractivity contribution in [2.24, 2.45) is 0 Å². The molecule has 1 heterocycles. The molecule has 0 radical (unpaired) electrons. The van der Waals surface area contributed by atoms with Crippen molar-refractivity contribution in [3.8, 4) is 22.4 Å². The molecule has 0 saturated carbocycles. The predicted octanol–water partition coefficient (Wildman–Crippen LogP) is 6.30. The molecule has 2 nitrogen and oxygen atoms in total. The first-order chi connectivity index (χ1) is 13.3. The first-order valence-corrected chi connectivity index (χ1v) is 9.04. The lowest BCUT2D eigenvalue weighted by atomic mass is 9.92. The maximum absolute atomic E-state index is 6.46. The minimum Gasteiger partial charge on any atom is -0.383 e. The van der Waals surface area contributed by atoms with Crippen LogP contribution in [0.1, 0.15) is 0 Å². The zero-order valence-corrected chi connectivity index (χ0v) is 14.8. The monoisotopic (exact) mass is 346 g/mol. The summed E-state index contributed by atoms with van der Waals surface area (Å²) in [6.07, 6.45) is 0. The molecule has 2 N–H and O–H groups in total. The third-order valence-electron chi connectivity index (χ3n) is 5.03. The van der Waals surface area contributed by atoms with Gasteiger partial charge in [0.2, 0.25) is 0 Å². The third kappa shape index (κ3) is 2.63. The van der Waals surface area contributed by atoms with E-state index in [1.807, 2.05) is 18.2 Å². The highest BCUT2D eigenvalue weighted by Crippen LogP contribution is 2.39. The van der Waals surface area contributed by atoms with E-state index < -0.39 is 0 Å². The first-order valence-electron chi connectivity index (χ1n) is 9.04. The Kier molecular flexibility index (Phi) is 3.61. The number of nitrogens with two attached hydrogens (primary N) is 1. The maximum Gasteiger partial charge on any atom is 0.132 e. The van der Waals surface area contributed by atoms with Gasteiger partial charge in [-0.25, -0.2) is 4.98 Å². The Morgan fingerprint density at radius 2 is 1.19 bits per heavy atom. The molecule has 0 bridgehead atoms. The molecule has 5 rings (SSSR count). The van der Waals surface area contributed by atoms with E-state index in [-0.39, 0.29) is 0 Å². The van der Waals surface area contributed by atoms with Crippen LogP contribution in [0.4, 0.5) is 5.82 Å². The highest BCUT2D eigenvalue weighted by molar-refractivity contribution is 6.13.